The minimum absolute atomic E-state index is 0.0191. The molecule has 0 aromatic heterocycles. The maximum Gasteiger partial charge on any atom is 0.324 e. The van der Waals surface area contributed by atoms with E-state index in [9.17, 15) is 14.9 Å². The van der Waals surface area contributed by atoms with Gasteiger partial charge in [-0.15, -0.1) is 0 Å². The third-order valence-corrected chi connectivity index (χ3v) is 2.26. The van der Waals surface area contributed by atoms with Gasteiger partial charge in [-0.3, -0.25) is 14.9 Å². The average Bonchev–Trinajstić information content (AvgIpc) is 2.01. The number of carbonyl (C=O) groups is 1. The number of nitro benzene ring substituents is 1. The van der Waals surface area contributed by atoms with Gasteiger partial charge in [-0.25, -0.2) is 0 Å². The second-order valence-corrected chi connectivity index (χ2v) is 3.60. The summed E-state index contributed by atoms with van der Waals surface area (Å²) in [7, 11) is 0. The van der Waals surface area contributed by atoms with E-state index < -0.39 is 10.9 Å². The van der Waals surface area contributed by atoms with Crippen molar-refractivity contribution in [2.75, 3.05) is 0 Å². The van der Waals surface area contributed by atoms with Gasteiger partial charge in [0.05, 0.1) is 8.49 Å². The van der Waals surface area contributed by atoms with Crippen molar-refractivity contribution in [1.82, 2.24) is 0 Å². The Morgan fingerprint density at radius 2 is 2.21 bits per heavy atom. The molecule has 0 aliphatic heterocycles. The molecule has 0 atom stereocenters. The van der Waals surface area contributed by atoms with Gasteiger partial charge in [0.15, 0.2) is 0 Å². The lowest BCUT2D eigenvalue weighted by atomic mass is 10.3. The van der Waals surface area contributed by atoms with E-state index in [1.54, 1.807) is 12.1 Å². The van der Waals surface area contributed by atoms with Crippen molar-refractivity contribution in [3.05, 3.63) is 31.9 Å². The topological polar surface area (TPSA) is 69.4 Å². The standard InChI is InChI=1S/C8H6INO4/c1-5(11)14-7-4-2-3-6(9)8(7)10(12)13/h2-4H,1H3. The zero-order valence-corrected chi connectivity index (χ0v) is 9.35. The first kappa shape index (κ1) is 10.9. The van der Waals surface area contributed by atoms with Crippen LogP contribution in [0.1, 0.15) is 6.92 Å². The normalized spacial score (nSPS) is 9.57. The number of esters is 1. The van der Waals surface area contributed by atoms with Crippen LogP contribution in [0.15, 0.2) is 18.2 Å². The van der Waals surface area contributed by atoms with Gasteiger partial charge in [0, 0.05) is 6.92 Å². The molecule has 0 heterocycles. The zero-order valence-electron chi connectivity index (χ0n) is 7.19. The molecule has 0 bridgehead atoms. The Morgan fingerprint density at radius 1 is 1.57 bits per heavy atom. The van der Waals surface area contributed by atoms with Crippen LogP contribution in [0.3, 0.4) is 0 Å². The van der Waals surface area contributed by atoms with Gasteiger partial charge >= 0.3 is 11.7 Å². The van der Waals surface area contributed by atoms with Crippen molar-refractivity contribution in [1.29, 1.82) is 0 Å². The molecule has 0 aliphatic rings. The maximum atomic E-state index is 10.7. The van der Waals surface area contributed by atoms with Crippen LogP contribution in [0.25, 0.3) is 0 Å². The molecule has 0 N–H and O–H groups in total. The molecule has 6 heteroatoms. The highest BCUT2D eigenvalue weighted by molar-refractivity contribution is 14.1. The highest BCUT2D eigenvalue weighted by Crippen LogP contribution is 2.31. The molecule has 0 fully saturated rings. The summed E-state index contributed by atoms with van der Waals surface area (Å²) in [5.74, 6) is -0.593. The molecule has 1 aromatic rings. The highest BCUT2D eigenvalue weighted by Gasteiger charge is 2.20. The van der Waals surface area contributed by atoms with Crippen LogP contribution >= 0.6 is 22.6 Å². The van der Waals surface area contributed by atoms with Gasteiger partial charge in [-0.2, -0.15) is 0 Å². The highest BCUT2D eigenvalue weighted by atomic mass is 127. The fourth-order valence-electron chi connectivity index (χ4n) is 0.910. The van der Waals surface area contributed by atoms with Gasteiger partial charge in [0.25, 0.3) is 0 Å². The van der Waals surface area contributed by atoms with Crippen LogP contribution in [0.4, 0.5) is 5.69 Å². The predicted octanol–water partition coefficient (Wildman–Crippen LogP) is 2.12. The monoisotopic (exact) mass is 307 g/mol. The fraction of sp³-hybridized carbons (Fsp3) is 0.125. The van der Waals surface area contributed by atoms with Gasteiger partial charge < -0.3 is 4.74 Å². The van der Waals surface area contributed by atoms with Crippen LogP contribution in [0.2, 0.25) is 0 Å². The molecular formula is C8H6INO4. The predicted molar refractivity (Wildman–Crippen MR) is 57.1 cm³/mol. The van der Waals surface area contributed by atoms with Crippen molar-refractivity contribution in [2.45, 2.75) is 6.92 Å². The number of halogens is 1. The van der Waals surface area contributed by atoms with Gasteiger partial charge in [-0.1, -0.05) is 6.07 Å². The lowest BCUT2D eigenvalue weighted by Gasteiger charge is -2.02. The van der Waals surface area contributed by atoms with Crippen molar-refractivity contribution < 1.29 is 14.5 Å². The smallest absolute Gasteiger partial charge is 0.324 e. The van der Waals surface area contributed by atoms with Crippen LogP contribution in [0.5, 0.6) is 5.75 Å². The minimum Gasteiger partial charge on any atom is -0.419 e. The number of para-hydroxylation sites is 1. The summed E-state index contributed by atoms with van der Waals surface area (Å²) in [5, 5.41) is 10.6. The summed E-state index contributed by atoms with van der Waals surface area (Å²) in [6.45, 7) is 1.20. The number of rotatable bonds is 2. The Balaban J connectivity index is 3.21. The van der Waals surface area contributed by atoms with E-state index in [-0.39, 0.29) is 11.4 Å². The van der Waals surface area contributed by atoms with Crippen LogP contribution in [-0.2, 0) is 4.79 Å². The van der Waals surface area contributed by atoms with E-state index in [2.05, 4.69) is 0 Å². The summed E-state index contributed by atoms with van der Waals surface area (Å²) in [5.41, 5.74) is -0.177. The summed E-state index contributed by atoms with van der Waals surface area (Å²) < 4.78 is 5.14. The molecule has 74 valence electrons. The van der Waals surface area contributed by atoms with E-state index in [0.717, 1.165) is 0 Å². The Kier molecular flexibility index (Phi) is 3.39. The zero-order chi connectivity index (χ0) is 10.7. The molecule has 14 heavy (non-hydrogen) atoms. The number of nitrogens with zero attached hydrogens (tertiary/aromatic N) is 1. The van der Waals surface area contributed by atoms with E-state index in [0.29, 0.717) is 3.57 Å². The van der Waals surface area contributed by atoms with Crippen LogP contribution in [0, 0.1) is 13.7 Å². The molecule has 0 unspecified atom stereocenters. The molecule has 0 spiro atoms. The third-order valence-electron chi connectivity index (χ3n) is 1.39. The average molecular weight is 307 g/mol. The lowest BCUT2D eigenvalue weighted by molar-refractivity contribution is -0.386. The third kappa shape index (κ3) is 2.41. The first-order valence-corrected chi connectivity index (χ1v) is 4.71. The molecule has 0 saturated heterocycles. The van der Waals surface area contributed by atoms with Crippen LogP contribution < -0.4 is 4.74 Å². The largest absolute Gasteiger partial charge is 0.419 e. The summed E-state index contributed by atoms with van der Waals surface area (Å²) in [6.07, 6.45) is 0. The fourth-order valence-corrected chi connectivity index (χ4v) is 1.58. The number of ether oxygens (including phenoxy) is 1. The molecule has 0 saturated carbocycles. The Bertz CT molecular complexity index is 391. The lowest BCUT2D eigenvalue weighted by Crippen LogP contribution is -2.04. The summed E-state index contributed by atoms with van der Waals surface area (Å²) in [6, 6.07) is 4.56. The molecule has 0 amide bonds. The van der Waals surface area contributed by atoms with Crippen molar-refractivity contribution in [3.63, 3.8) is 0 Å². The number of nitro groups is 1. The first-order chi connectivity index (χ1) is 6.52. The SMILES string of the molecule is CC(=O)Oc1cccc(I)c1[N+](=O)[O-]. The quantitative estimate of drug-likeness (QED) is 0.276. The number of carbonyl (C=O) groups excluding carboxylic acids is 1. The molecular weight excluding hydrogens is 301 g/mol. The molecule has 0 radical (unpaired) electrons. The first-order valence-electron chi connectivity index (χ1n) is 3.63. The maximum absolute atomic E-state index is 10.7. The van der Waals surface area contributed by atoms with Crippen LogP contribution in [-0.4, -0.2) is 10.9 Å². The van der Waals surface area contributed by atoms with E-state index in [4.69, 9.17) is 4.74 Å². The summed E-state index contributed by atoms with van der Waals surface area (Å²) >= 11 is 1.82. The molecule has 0 aliphatic carbocycles. The molecule has 1 aromatic carbocycles. The van der Waals surface area contributed by atoms with Gasteiger partial charge in [-0.05, 0) is 34.7 Å². The second-order valence-electron chi connectivity index (χ2n) is 2.44. The number of benzene rings is 1. The Morgan fingerprint density at radius 3 is 2.71 bits per heavy atom. The number of hydrogen-bond donors (Lipinski definition) is 0. The van der Waals surface area contributed by atoms with E-state index in [1.807, 2.05) is 22.6 Å². The van der Waals surface area contributed by atoms with Crippen molar-refractivity contribution in [3.8, 4) is 5.75 Å². The molecule has 1 rings (SSSR count). The second kappa shape index (κ2) is 4.36. The summed E-state index contributed by atoms with van der Waals surface area (Å²) in [4.78, 5) is 20.7. The van der Waals surface area contributed by atoms with Crippen molar-refractivity contribution >= 4 is 34.2 Å². The number of hydrogen-bond acceptors (Lipinski definition) is 4. The van der Waals surface area contributed by atoms with E-state index in [1.165, 1.54) is 13.0 Å². The minimum atomic E-state index is -0.574. The van der Waals surface area contributed by atoms with E-state index >= 15 is 0 Å². The van der Waals surface area contributed by atoms with Crippen molar-refractivity contribution in [2.24, 2.45) is 0 Å². The Hall–Kier alpha value is -1.18. The van der Waals surface area contributed by atoms with Gasteiger partial charge in [0.2, 0.25) is 5.75 Å². The Labute approximate surface area is 93.4 Å². The van der Waals surface area contributed by atoms with Gasteiger partial charge in [0.1, 0.15) is 0 Å². The molecule has 5 nitrogen and oxygen atoms in total.